The fourth-order valence-electron chi connectivity index (χ4n) is 3.15. The van der Waals surface area contributed by atoms with Gasteiger partial charge in [-0.1, -0.05) is 40.0 Å². The summed E-state index contributed by atoms with van der Waals surface area (Å²) in [5.41, 5.74) is -0.534. The van der Waals surface area contributed by atoms with E-state index in [1.165, 1.54) is 7.11 Å². The molecule has 1 rings (SSSR count). The van der Waals surface area contributed by atoms with Gasteiger partial charge in [0.05, 0.1) is 12.5 Å². The zero-order chi connectivity index (χ0) is 14.2. The van der Waals surface area contributed by atoms with Crippen molar-refractivity contribution in [3.63, 3.8) is 0 Å². The Morgan fingerprint density at radius 2 is 1.67 bits per heavy atom. The van der Waals surface area contributed by atoms with E-state index in [0.717, 1.165) is 38.5 Å². The molecule has 0 aromatic heterocycles. The lowest BCUT2D eigenvalue weighted by Crippen LogP contribution is -2.44. The van der Waals surface area contributed by atoms with Gasteiger partial charge in [0, 0.05) is 5.92 Å². The number of Topliss-reactive ketones (excluding diaryl/α,β-unsaturated/α-hetero) is 1. The maximum absolute atomic E-state index is 12.0. The van der Waals surface area contributed by atoms with E-state index in [1.54, 1.807) is 6.92 Å². The van der Waals surface area contributed by atoms with Crippen LogP contribution in [0.15, 0.2) is 0 Å². The molecule has 0 heterocycles. The number of carbonyl (C=O) groups excluding carboxylic acids is 2. The second kappa shape index (κ2) is 8.28. The molecule has 0 aromatic rings. The van der Waals surface area contributed by atoms with Crippen LogP contribution >= 0.6 is 0 Å². The summed E-state index contributed by atoms with van der Waals surface area (Å²) in [5, 5.41) is 0. The predicted octanol–water partition coefficient (Wildman–Crippen LogP) is 3.75. The van der Waals surface area contributed by atoms with Gasteiger partial charge in [-0.2, -0.15) is 0 Å². The van der Waals surface area contributed by atoms with Crippen molar-refractivity contribution in [3.8, 4) is 0 Å². The molecule has 1 atom stereocenters. The lowest BCUT2D eigenvalue weighted by atomic mass is 9.64. The van der Waals surface area contributed by atoms with E-state index in [-0.39, 0.29) is 17.7 Å². The number of rotatable bonds is 4. The van der Waals surface area contributed by atoms with Crippen LogP contribution in [0, 0.1) is 11.3 Å². The predicted molar refractivity (Wildman–Crippen MR) is 73.3 cm³/mol. The smallest absolute Gasteiger partial charge is 0.312 e. The van der Waals surface area contributed by atoms with Gasteiger partial charge >= 0.3 is 5.97 Å². The molecule has 106 valence electrons. The molecular weight excluding hydrogens is 228 g/mol. The Labute approximate surface area is 111 Å². The lowest BCUT2D eigenvalue weighted by Gasteiger charge is -2.39. The largest absolute Gasteiger partial charge is 0.469 e. The average molecular weight is 256 g/mol. The van der Waals surface area contributed by atoms with Crippen LogP contribution in [0.4, 0.5) is 0 Å². The van der Waals surface area contributed by atoms with Crippen molar-refractivity contribution in [2.75, 3.05) is 7.11 Å². The highest BCUT2D eigenvalue weighted by Crippen LogP contribution is 2.45. The van der Waals surface area contributed by atoms with Crippen LogP contribution in [0.2, 0.25) is 0 Å². The first-order valence-electron chi connectivity index (χ1n) is 7.17. The van der Waals surface area contributed by atoms with Crippen LogP contribution in [0.25, 0.3) is 0 Å². The average Bonchev–Trinajstić information content (AvgIpc) is 2.41. The highest BCUT2D eigenvalue weighted by atomic mass is 16.5. The second-order valence-corrected chi connectivity index (χ2v) is 4.78. The van der Waals surface area contributed by atoms with Crippen LogP contribution in [-0.2, 0) is 14.3 Å². The van der Waals surface area contributed by atoms with Gasteiger partial charge in [-0.05, 0) is 26.2 Å². The van der Waals surface area contributed by atoms with Gasteiger partial charge in [0.15, 0.2) is 0 Å². The molecule has 0 N–H and O–H groups in total. The first-order valence-corrected chi connectivity index (χ1v) is 7.17. The van der Waals surface area contributed by atoms with E-state index in [2.05, 4.69) is 0 Å². The quantitative estimate of drug-likeness (QED) is 0.719. The Bertz CT molecular complexity index is 265. The number of hydrogen-bond acceptors (Lipinski definition) is 3. The van der Waals surface area contributed by atoms with E-state index in [4.69, 9.17) is 4.74 Å². The summed E-state index contributed by atoms with van der Waals surface area (Å²) in [6.45, 7) is 7.57. The van der Waals surface area contributed by atoms with Gasteiger partial charge in [-0.25, -0.2) is 0 Å². The van der Waals surface area contributed by atoms with Gasteiger partial charge in [0.2, 0.25) is 0 Å². The summed E-state index contributed by atoms with van der Waals surface area (Å²) in [6, 6.07) is 0. The van der Waals surface area contributed by atoms with Crippen molar-refractivity contribution in [3.05, 3.63) is 0 Å². The van der Waals surface area contributed by atoms with E-state index < -0.39 is 5.41 Å². The SMILES string of the molecule is CC.CCC(C(C)=O)C1(C(=O)OC)CCCCC1. The molecule has 18 heavy (non-hydrogen) atoms. The minimum atomic E-state index is -0.534. The maximum Gasteiger partial charge on any atom is 0.312 e. The molecule has 3 nitrogen and oxygen atoms in total. The van der Waals surface area contributed by atoms with Crippen LogP contribution in [-0.4, -0.2) is 18.9 Å². The summed E-state index contributed by atoms with van der Waals surface area (Å²) < 4.78 is 4.93. The van der Waals surface area contributed by atoms with Crippen molar-refractivity contribution in [2.24, 2.45) is 11.3 Å². The topological polar surface area (TPSA) is 43.4 Å². The Hall–Kier alpha value is -0.860. The minimum absolute atomic E-state index is 0.120. The van der Waals surface area contributed by atoms with Crippen LogP contribution in [0.3, 0.4) is 0 Å². The third-order valence-corrected chi connectivity index (χ3v) is 3.90. The van der Waals surface area contributed by atoms with Crippen molar-refractivity contribution in [1.29, 1.82) is 0 Å². The lowest BCUT2D eigenvalue weighted by molar-refractivity contribution is -0.162. The summed E-state index contributed by atoms with van der Waals surface area (Å²) in [6.07, 6.45) is 5.55. The van der Waals surface area contributed by atoms with Gasteiger partial charge in [-0.3, -0.25) is 9.59 Å². The molecular formula is C15H28O3. The number of ether oxygens (including phenoxy) is 1. The zero-order valence-electron chi connectivity index (χ0n) is 12.5. The Morgan fingerprint density at radius 3 is 2.00 bits per heavy atom. The van der Waals surface area contributed by atoms with Gasteiger partial charge in [0.1, 0.15) is 5.78 Å². The molecule has 0 saturated heterocycles. The molecule has 1 fully saturated rings. The molecule has 3 heteroatoms. The molecule has 1 saturated carbocycles. The van der Waals surface area contributed by atoms with Crippen LogP contribution in [0.1, 0.15) is 66.2 Å². The highest BCUT2D eigenvalue weighted by molar-refractivity contribution is 5.88. The van der Waals surface area contributed by atoms with E-state index >= 15 is 0 Å². The molecule has 0 amide bonds. The Kier molecular flexibility index (Phi) is 7.88. The van der Waals surface area contributed by atoms with Gasteiger partial charge in [0.25, 0.3) is 0 Å². The standard InChI is InChI=1S/C13H22O3.C2H6/c1-4-11(10(2)14)13(12(15)16-3)8-6-5-7-9-13;1-2/h11H,4-9H2,1-3H3;1-2H3. The summed E-state index contributed by atoms with van der Waals surface area (Å²) >= 11 is 0. The van der Waals surface area contributed by atoms with Crippen molar-refractivity contribution < 1.29 is 14.3 Å². The fourth-order valence-corrected chi connectivity index (χ4v) is 3.15. The number of carbonyl (C=O) groups is 2. The van der Waals surface area contributed by atoms with Gasteiger partial charge in [-0.15, -0.1) is 0 Å². The van der Waals surface area contributed by atoms with Crippen molar-refractivity contribution in [1.82, 2.24) is 0 Å². The van der Waals surface area contributed by atoms with Gasteiger partial charge < -0.3 is 4.74 Å². The Morgan fingerprint density at radius 1 is 1.17 bits per heavy atom. The summed E-state index contributed by atoms with van der Waals surface area (Å²) in [5.74, 6) is -0.232. The maximum atomic E-state index is 12.0. The second-order valence-electron chi connectivity index (χ2n) is 4.78. The van der Waals surface area contributed by atoms with Crippen molar-refractivity contribution >= 4 is 11.8 Å². The van der Waals surface area contributed by atoms with Crippen molar-refractivity contribution in [2.45, 2.75) is 66.2 Å². The normalized spacial score (nSPS) is 19.2. The highest BCUT2D eigenvalue weighted by Gasteiger charge is 2.48. The van der Waals surface area contributed by atoms with E-state index in [0.29, 0.717) is 0 Å². The molecule has 0 bridgehead atoms. The first kappa shape index (κ1) is 17.1. The number of hydrogen-bond donors (Lipinski definition) is 0. The molecule has 0 spiro atoms. The first-order chi connectivity index (χ1) is 8.58. The van der Waals surface area contributed by atoms with Crippen LogP contribution < -0.4 is 0 Å². The van der Waals surface area contributed by atoms with E-state index in [1.807, 2.05) is 20.8 Å². The fraction of sp³-hybridized carbons (Fsp3) is 0.867. The molecule has 1 aliphatic rings. The molecule has 0 aliphatic heterocycles. The molecule has 0 radical (unpaired) electrons. The number of methoxy groups -OCH3 is 1. The number of esters is 1. The molecule has 0 aromatic carbocycles. The van der Waals surface area contributed by atoms with E-state index in [9.17, 15) is 9.59 Å². The monoisotopic (exact) mass is 256 g/mol. The summed E-state index contributed by atoms with van der Waals surface area (Å²) in [4.78, 5) is 23.7. The zero-order valence-corrected chi connectivity index (χ0v) is 12.5. The summed E-state index contributed by atoms with van der Waals surface area (Å²) in [7, 11) is 1.42. The minimum Gasteiger partial charge on any atom is -0.469 e. The van der Waals surface area contributed by atoms with Crippen LogP contribution in [0.5, 0.6) is 0 Å². The Balaban J connectivity index is 0.00000137. The third kappa shape index (κ3) is 3.56. The number of ketones is 1. The third-order valence-electron chi connectivity index (χ3n) is 3.90. The molecule has 1 unspecified atom stereocenters. The molecule has 1 aliphatic carbocycles.